The first-order valence-corrected chi connectivity index (χ1v) is 35.4. The number of methoxy groups -OCH3 is 3. The Morgan fingerprint density at radius 2 is 0.830 bits per heavy atom. The molecule has 0 spiro atoms. The van der Waals surface area contributed by atoms with Crippen molar-refractivity contribution in [1.82, 2.24) is 74.4 Å². The molecule has 5 fully saturated rings. The van der Waals surface area contributed by atoms with Crippen LogP contribution < -0.4 is 58.2 Å². The number of benzene rings is 3. The van der Waals surface area contributed by atoms with Crippen LogP contribution in [0.25, 0.3) is 34.2 Å². The van der Waals surface area contributed by atoms with Gasteiger partial charge in [0.25, 0.3) is 11.8 Å². The van der Waals surface area contributed by atoms with Crippen LogP contribution in [0, 0.1) is 30.1 Å². The smallest absolute Gasteiger partial charge is 1.00 e. The Morgan fingerprint density at radius 3 is 1.16 bits per heavy atom. The van der Waals surface area contributed by atoms with Crippen molar-refractivity contribution < 1.29 is 82.0 Å². The van der Waals surface area contributed by atoms with Crippen LogP contribution in [-0.4, -0.2) is 182 Å². The van der Waals surface area contributed by atoms with Gasteiger partial charge in [0.2, 0.25) is 11.8 Å². The third-order valence-corrected chi connectivity index (χ3v) is 17.5. The van der Waals surface area contributed by atoms with Gasteiger partial charge >= 0.3 is 23.1 Å². The van der Waals surface area contributed by atoms with E-state index in [1.54, 1.807) is 66.7 Å². The van der Waals surface area contributed by atoms with Crippen LogP contribution in [0.3, 0.4) is 0 Å². The van der Waals surface area contributed by atoms with Crippen LogP contribution >= 0.6 is 46.4 Å². The van der Waals surface area contributed by atoms with Gasteiger partial charge in [-0.3, -0.25) is 52.5 Å². The van der Waals surface area contributed by atoms with Crippen molar-refractivity contribution in [3.63, 3.8) is 0 Å². The predicted molar refractivity (Wildman–Crippen MR) is 421 cm³/mol. The molecule has 0 atom stereocenters. The first-order chi connectivity index (χ1) is 56.5. The zero-order chi connectivity index (χ0) is 86.4. The number of ketones is 2. The van der Waals surface area contributed by atoms with Crippen molar-refractivity contribution >= 4 is 145 Å². The molecule has 5 aliphatic rings. The normalized spacial score (nSPS) is 14.8. The zero-order valence-electron chi connectivity index (χ0n) is 70.4. The van der Waals surface area contributed by atoms with Crippen LogP contribution in [0.5, 0.6) is 17.2 Å². The molecule has 4 amide bonds. The number of hydrogen-bond acceptors (Lipinski definition) is 24. The minimum atomic E-state index is -2.45. The van der Waals surface area contributed by atoms with Crippen molar-refractivity contribution in [1.29, 1.82) is 0 Å². The first kappa shape index (κ1) is 74.8. The summed E-state index contributed by atoms with van der Waals surface area (Å²) >= 11 is 23.5. The fourth-order valence-electron chi connectivity index (χ4n) is 10.1. The second-order valence-electron chi connectivity index (χ2n) is 24.8. The Morgan fingerprint density at radius 1 is 0.482 bits per heavy atom. The number of amides is 4. The summed E-state index contributed by atoms with van der Waals surface area (Å²) in [5.74, 6) is 1.27. The predicted octanol–water partition coefficient (Wildman–Crippen LogP) is 9.87. The molecule has 0 aliphatic heterocycles. The number of para-hydroxylation sites is 3. The third-order valence-electron chi connectivity index (χ3n) is 16.6. The summed E-state index contributed by atoms with van der Waals surface area (Å²) in [6, 6.07) is 21.7. The van der Waals surface area contributed by atoms with Gasteiger partial charge < -0.3 is 64.6 Å². The molecule has 0 unspecified atom stereocenters. The summed E-state index contributed by atoms with van der Waals surface area (Å²) in [6.07, 6.45) is 21.2. The van der Waals surface area contributed by atoms with Crippen LogP contribution in [0.1, 0.15) is 118 Å². The van der Waals surface area contributed by atoms with Crippen molar-refractivity contribution in [2.75, 3.05) is 70.9 Å². The van der Waals surface area contributed by atoms with E-state index in [0.29, 0.717) is 85.0 Å². The molecule has 5 saturated carbocycles. The molecule has 15 rings (SSSR count). The topological polar surface area (TPSA) is 373 Å². The molecule has 31 nitrogen and oxygen atoms in total. The fourth-order valence-corrected chi connectivity index (χ4v) is 10.9. The summed E-state index contributed by atoms with van der Waals surface area (Å²) in [6.45, 7) is -7.34. The molecule has 0 bridgehead atoms. The number of carbonyl (C=O) groups excluding carboxylic acids is 6. The van der Waals surface area contributed by atoms with Crippen molar-refractivity contribution in [2.24, 2.45) is 50.3 Å². The largest absolute Gasteiger partial charge is 2.00 e. The number of halogens is 5. The maximum Gasteiger partial charge on any atom is 2.00 e. The maximum atomic E-state index is 12.9. The molecule has 112 heavy (non-hydrogen) atoms. The van der Waals surface area contributed by atoms with Crippen molar-refractivity contribution in [2.45, 2.75) is 64.2 Å². The number of aromatic nitrogens is 13. The molecular formula is C75H81BrCl4MgN20O11. The van der Waals surface area contributed by atoms with Crippen LogP contribution in [-0.2, 0) is 40.2 Å². The van der Waals surface area contributed by atoms with Crippen molar-refractivity contribution in [3.05, 3.63) is 172 Å². The molecule has 0 radical (unpaired) electrons. The van der Waals surface area contributed by atoms with E-state index in [1.165, 1.54) is 99.4 Å². The summed E-state index contributed by atoms with van der Waals surface area (Å²) in [5, 5.41) is 27.6. The van der Waals surface area contributed by atoms with E-state index in [2.05, 4.69) is 77.9 Å². The van der Waals surface area contributed by atoms with E-state index < -0.39 is 26.8 Å². The molecule has 584 valence electrons. The Bertz CT molecular complexity index is 5350. The fraction of sp³-hybridized carbons (Fsp3) is 0.320. The minimum absolute atomic E-state index is 0. The molecule has 6 N–H and O–H groups in total. The van der Waals surface area contributed by atoms with E-state index in [9.17, 15) is 28.8 Å². The number of carbonyl (C=O) groups is 6. The Kier molecular flexibility index (Phi) is 27.4. The van der Waals surface area contributed by atoms with Gasteiger partial charge in [-0.25, -0.2) is 57.9 Å². The van der Waals surface area contributed by atoms with E-state index in [4.69, 9.17) is 88.4 Å². The number of pyridine rings is 4. The number of nitrogens with one attached hydrogen (secondary N) is 4. The summed E-state index contributed by atoms with van der Waals surface area (Å²) < 4.78 is 86.5. The summed E-state index contributed by atoms with van der Waals surface area (Å²) in [7, 11) is 10.1. The quantitative estimate of drug-likeness (QED) is 0.0131. The number of Topliss-reactive ketones (excluding diaryl/α,β-unsaturated/α-hetero) is 2. The van der Waals surface area contributed by atoms with Gasteiger partial charge in [-0.1, -0.05) is 64.6 Å². The van der Waals surface area contributed by atoms with Gasteiger partial charge in [-0.15, -0.1) is 0 Å². The SMILES string of the molecule is CON(C)C(=O)c1cnc(Cl)cc1Cl.NC(=O)C1CC1.[2H]C([2H])([2H])n1cnc(-c2cccc(Nc3cc(Cl)ncc3C(=O)C3CC3)c2OC)n1.[2H]C([2H])([2H])n1cnc(-c2cccc(Nc3cc(Cl)ncc3C(=O)N(C)OC)c2OC)n1.[2H]C([2H])([2H])n1cnc(-c2cccc(Nc3cc(NC(=O)C4CC4)ncc3C(=O)C3CC3)c2OC)n1.[Br-].[CH-]1CC1.[Mg+2]. The molecule has 10 aromatic rings. The number of rotatable bonds is 23. The molecule has 3 aromatic carbocycles. The number of nitrogens with two attached hydrogens (primary N) is 1. The van der Waals surface area contributed by atoms with Crippen LogP contribution in [0.2, 0.25) is 20.5 Å². The second-order valence-corrected chi connectivity index (χ2v) is 26.4. The molecular weight excluding hydrogens is 1600 g/mol. The standard InChI is InChI=1S/C23H24N6O3.C19H18ClN5O2.C18H19ClN6O3.C8H8Cl2N2O2.C4H7NO.C3H5.BrH.Mg/c1-29-12-25-22(28-29)15-4-3-5-17(21(15)32-2)26-18-10-19(27-23(31)14-8-9-14)24-11-16(18)20(30)13-6-7-13;1-25-10-22-19(24-25)12-4-3-5-14(18(12)27-2)23-15-8-16(20)21-9-13(15)17(26)11-6-7-11;1-24-10-21-17(23-24)11-6-5-7-13(16(11)27-3)22-14-8-15(19)20-9-12(14)18(26)25(2)28-4;1-12(14-2)8(13)5-4-11-7(10)3-6(5)9;5-4(6)3-1-2-3;1-2-3-1;;/h3-5,10-14H,6-9H2,1-2H3,(H2,24,26,27,31);3-5,8-11H,6-7H2,1-2H3,(H,21,23);5-10H,1-4H3,(H,20,22);3-4H,1-2H3;3H,1-2H2,(H2,5,6);1H,2-3H2;1H;/q;;;;;-1;;+2/p-1/i3*1D3;;;;;. The number of ether oxygens (including phenoxy) is 3. The molecule has 5 aliphatic carbocycles. The van der Waals surface area contributed by atoms with E-state index >= 15 is 0 Å². The van der Waals surface area contributed by atoms with E-state index in [0.717, 1.165) is 94.5 Å². The van der Waals surface area contributed by atoms with E-state index in [-0.39, 0.29) is 142 Å². The Balaban J connectivity index is 0.000000198. The molecule has 7 aromatic heterocycles. The van der Waals surface area contributed by atoms with Gasteiger partial charge in [-0.2, -0.15) is 15.3 Å². The Labute approximate surface area is 705 Å². The van der Waals surface area contributed by atoms with Gasteiger partial charge in [0.05, 0.1) is 114 Å². The van der Waals surface area contributed by atoms with Crippen molar-refractivity contribution in [3.8, 4) is 51.4 Å². The number of anilines is 7. The summed E-state index contributed by atoms with van der Waals surface area (Å²) in [5.41, 5.74) is 10.6. The first-order valence-electron chi connectivity index (χ1n) is 38.4. The van der Waals surface area contributed by atoms with Gasteiger partial charge in [0, 0.05) is 102 Å². The molecule has 7 heterocycles. The van der Waals surface area contributed by atoms with E-state index in [1.807, 2.05) is 0 Å². The number of primary amides is 1. The number of aryl methyl sites for hydroxylation is 3. The van der Waals surface area contributed by atoms with Gasteiger partial charge in [0.15, 0.2) is 46.3 Å². The van der Waals surface area contributed by atoms with Crippen LogP contribution in [0.4, 0.5) is 39.9 Å². The van der Waals surface area contributed by atoms with Gasteiger partial charge in [0.1, 0.15) is 40.3 Å². The second kappa shape index (κ2) is 41.0. The maximum absolute atomic E-state index is 12.9. The third kappa shape index (κ3) is 24.0. The monoisotopic (exact) mass is 1690 g/mol. The number of hydrogen-bond donors (Lipinski definition) is 5. The van der Waals surface area contributed by atoms with Crippen LogP contribution in [0.15, 0.2) is 123 Å². The summed E-state index contributed by atoms with van der Waals surface area (Å²) in [4.78, 5) is 110. The zero-order valence-corrected chi connectivity index (χ0v) is 67.4. The molecule has 37 heteroatoms. The Hall–Kier alpha value is -9.97. The molecule has 0 saturated heterocycles. The number of nitrogens with zero attached hydrogens (tertiary/aromatic N) is 15. The average molecular weight is 1690 g/mol. The minimum Gasteiger partial charge on any atom is -1.00 e. The van der Waals surface area contributed by atoms with Gasteiger partial charge in [-0.05, 0) is 106 Å². The number of hydroxylamine groups is 4. The average Bonchev–Trinajstić information content (AvgIpc) is 1.70.